The normalized spacial score (nSPS) is 11.8. The second-order valence-electron chi connectivity index (χ2n) is 7.53. The van der Waals surface area contributed by atoms with Gasteiger partial charge in [-0.3, -0.25) is 9.67 Å². The number of alkyl halides is 3. The number of halogens is 5. The van der Waals surface area contributed by atoms with Crippen molar-refractivity contribution >= 4 is 0 Å². The van der Waals surface area contributed by atoms with E-state index in [2.05, 4.69) is 27.2 Å². The van der Waals surface area contributed by atoms with E-state index in [0.29, 0.717) is 17.1 Å². The predicted octanol–water partition coefficient (Wildman–Crippen LogP) is 5.55. The summed E-state index contributed by atoms with van der Waals surface area (Å²) in [5.41, 5.74) is 0.109. The van der Waals surface area contributed by atoms with Gasteiger partial charge in [0.05, 0.1) is 11.1 Å². The predicted molar refractivity (Wildman–Crippen MR) is 106 cm³/mol. The molecule has 0 N–H and O–H groups in total. The topological polar surface area (TPSA) is 43.6 Å². The minimum atomic E-state index is -4.44. The molecule has 4 nitrogen and oxygen atoms in total. The zero-order valence-corrected chi connectivity index (χ0v) is 19.5. The summed E-state index contributed by atoms with van der Waals surface area (Å²) in [6.45, 7) is 3.70. The molecular weight excluding hydrogens is 622 g/mol. The van der Waals surface area contributed by atoms with Gasteiger partial charge in [-0.2, -0.15) is 36.5 Å². The molecule has 0 amide bonds. The van der Waals surface area contributed by atoms with Crippen LogP contribution in [-0.4, -0.2) is 19.7 Å². The summed E-state index contributed by atoms with van der Waals surface area (Å²) in [6.07, 6.45) is -2.84. The van der Waals surface area contributed by atoms with Crippen LogP contribution in [0.1, 0.15) is 30.8 Å². The van der Waals surface area contributed by atoms with Gasteiger partial charge in [-0.25, -0.2) is 8.78 Å². The number of rotatable bonds is 4. The summed E-state index contributed by atoms with van der Waals surface area (Å²) >= 11 is 0. The van der Waals surface area contributed by atoms with Crippen LogP contribution in [0.4, 0.5) is 22.0 Å². The van der Waals surface area contributed by atoms with Gasteiger partial charge in [-0.05, 0) is 37.4 Å². The molecule has 3 aromatic heterocycles. The van der Waals surface area contributed by atoms with Crippen LogP contribution in [-0.2, 0) is 32.7 Å². The number of hydrogen-bond donors (Lipinski definition) is 0. The average Bonchev–Trinajstić information content (AvgIpc) is 3.24. The van der Waals surface area contributed by atoms with Crippen molar-refractivity contribution in [3.63, 3.8) is 0 Å². The maximum atomic E-state index is 14.1. The number of aromatic nitrogens is 4. The molecular formula is C23H15F5N4Pt. The number of benzene rings is 1. The average molecular weight is 637 g/mol. The van der Waals surface area contributed by atoms with E-state index in [1.54, 1.807) is 30.5 Å². The van der Waals surface area contributed by atoms with Crippen LogP contribution < -0.4 is 0 Å². The Morgan fingerprint density at radius 3 is 2.27 bits per heavy atom. The van der Waals surface area contributed by atoms with Crippen LogP contribution in [0.15, 0.2) is 54.7 Å². The first-order valence-electron chi connectivity index (χ1n) is 9.43. The number of nitrogens with zero attached hydrogens (tertiary/aromatic N) is 4. The van der Waals surface area contributed by atoms with Gasteiger partial charge in [0.1, 0.15) is 11.9 Å². The summed E-state index contributed by atoms with van der Waals surface area (Å²) in [4.78, 5) is 7.65. The molecule has 0 atom stereocenters. The Kier molecular flexibility index (Phi) is 6.84. The Labute approximate surface area is 200 Å². The van der Waals surface area contributed by atoms with Crippen LogP contribution >= 0.6 is 0 Å². The Balaban J connectivity index is 0.00000306. The quantitative estimate of drug-likeness (QED) is 0.168. The molecule has 0 radical (unpaired) electrons. The molecule has 10 heteroatoms. The van der Waals surface area contributed by atoms with Crippen LogP contribution in [0.3, 0.4) is 0 Å². The summed E-state index contributed by atoms with van der Waals surface area (Å²) in [5.74, 6) is -2.00. The molecule has 172 valence electrons. The molecule has 0 aliphatic rings. The molecule has 3 heterocycles. The molecule has 0 spiro atoms. The summed E-state index contributed by atoms with van der Waals surface area (Å²) in [5, 5.41) is 4.47. The minimum absolute atomic E-state index is 0. The first-order chi connectivity index (χ1) is 15.1. The van der Waals surface area contributed by atoms with Crippen LogP contribution in [0.2, 0.25) is 0 Å². The Hall–Kier alpha value is -2.93. The van der Waals surface area contributed by atoms with Crippen molar-refractivity contribution < 1.29 is 43.0 Å². The Morgan fingerprint density at radius 1 is 0.879 bits per heavy atom. The molecule has 33 heavy (non-hydrogen) atoms. The molecule has 0 unspecified atom stereocenters. The van der Waals surface area contributed by atoms with Crippen LogP contribution in [0.25, 0.3) is 16.9 Å². The maximum Gasteiger partial charge on any atom is 2.00 e. The van der Waals surface area contributed by atoms with Crippen molar-refractivity contribution in [3.8, 4) is 16.9 Å². The first-order valence-corrected chi connectivity index (χ1v) is 9.43. The van der Waals surface area contributed by atoms with Crippen molar-refractivity contribution in [2.45, 2.75) is 25.4 Å². The van der Waals surface area contributed by atoms with Gasteiger partial charge < -0.3 is 4.98 Å². The molecule has 0 saturated heterocycles. The second-order valence-corrected chi connectivity index (χ2v) is 7.53. The summed E-state index contributed by atoms with van der Waals surface area (Å²) in [6, 6.07) is 15.8. The van der Waals surface area contributed by atoms with E-state index in [1.807, 2.05) is 13.8 Å². The molecule has 0 bridgehead atoms. The first kappa shape index (κ1) is 24.7. The maximum absolute atomic E-state index is 14.1. The Morgan fingerprint density at radius 2 is 1.64 bits per heavy atom. The van der Waals surface area contributed by atoms with Gasteiger partial charge in [-0.15, -0.1) is 12.1 Å². The molecule has 4 rings (SSSR count). The molecule has 4 aromatic rings. The largest absolute Gasteiger partial charge is 2.00 e. The van der Waals surface area contributed by atoms with Crippen LogP contribution in [0.5, 0.6) is 0 Å². The van der Waals surface area contributed by atoms with E-state index < -0.39 is 29.1 Å². The van der Waals surface area contributed by atoms with Gasteiger partial charge in [0.15, 0.2) is 0 Å². The van der Waals surface area contributed by atoms with Gasteiger partial charge in [0, 0.05) is 11.9 Å². The fourth-order valence-electron chi connectivity index (χ4n) is 3.13. The number of pyridine rings is 2. The standard InChI is InChI=1S/C23H15F5N4.Pt/c1-22(2,18-5-3-4-17(29-18)16-10-11-20(24)30-21(16)25)19-12-13-32(31-19)15-8-6-14(7-9-15)23(26,27)28;/h3-8,11-13H,1-2H3;/q-2;+2. The third kappa shape index (κ3) is 5.03. The Bertz CT molecular complexity index is 1270. The smallest absolute Gasteiger partial charge is 0.300 e. The summed E-state index contributed by atoms with van der Waals surface area (Å²) < 4.78 is 66.9. The molecule has 0 saturated carbocycles. The van der Waals surface area contributed by atoms with E-state index in [4.69, 9.17) is 0 Å². The molecule has 0 fully saturated rings. The van der Waals surface area contributed by atoms with Crippen molar-refractivity contribution in [2.75, 3.05) is 0 Å². The van der Waals surface area contributed by atoms with Crippen LogP contribution in [0, 0.1) is 24.0 Å². The third-order valence-corrected chi connectivity index (χ3v) is 4.99. The second kappa shape index (κ2) is 9.14. The van der Waals surface area contributed by atoms with Gasteiger partial charge in [-0.1, -0.05) is 29.3 Å². The van der Waals surface area contributed by atoms with Crippen molar-refractivity contribution in [1.82, 2.24) is 19.7 Å². The van der Waals surface area contributed by atoms with E-state index >= 15 is 0 Å². The van der Waals surface area contributed by atoms with Crippen molar-refractivity contribution in [3.05, 3.63) is 95.7 Å². The van der Waals surface area contributed by atoms with Gasteiger partial charge in [0.25, 0.3) is 0 Å². The van der Waals surface area contributed by atoms with Gasteiger partial charge in [0.2, 0.25) is 0 Å². The van der Waals surface area contributed by atoms with E-state index in [9.17, 15) is 22.0 Å². The van der Waals surface area contributed by atoms with Crippen molar-refractivity contribution in [2.24, 2.45) is 0 Å². The monoisotopic (exact) mass is 637 g/mol. The summed E-state index contributed by atoms with van der Waals surface area (Å²) in [7, 11) is 0. The number of hydrogen-bond acceptors (Lipinski definition) is 3. The van der Waals surface area contributed by atoms with E-state index in [0.717, 1.165) is 18.2 Å². The van der Waals surface area contributed by atoms with E-state index in [-0.39, 0.29) is 32.3 Å². The fourth-order valence-corrected chi connectivity index (χ4v) is 3.13. The minimum Gasteiger partial charge on any atom is -0.300 e. The van der Waals surface area contributed by atoms with Crippen molar-refractivity contribution in [1.29, 1.82) is 0 Å². The molecule has 0 aliphatic heterocycles. The third-order valence-electron chi connectivity index (χ3n) is 4.99. The fraction of sp³-hybridized carbons (Fsp3) is 0.174. The SMILES string of the molecule is CC(C)(c1cccc(-c2[c-]cc(F)nc2F)n1)c1ccn(-c2[c-]cc(C(F)(F)F)cc2)n1.[Pt+2]. The molecule has 1 aromatic carbocycles. The van der Waals surface area contributed by atoms with E-state index in [1.165, 1.54) is 10.7 Å². The van der Waals surface area contributed by atoms with Gasteiger partial charge >= 0.3 is 27.2 Å². The molecule has 0 aliphatic carbocycles. The zero-order chi connectivity index (χ0) is 23.1. The zero-order valence-electron chi connectivity index (χ0n) is 17.2.